The van der Waals surface area contributed by atoms with E-state index < -0.39 is 0 Å². The molecule has 0 radical (unpaired) electrons. The molecule has 1 N–H and O–H groups in total. The van der Waals surface area contributed by atoms with Gasteiger partial charge in [-0.25, -0.2) is 9.78 Å². The van der Waals surface area contributed by atoms with Crippen LogP contribution in [-0.4, -0.2) is 37.8 Å². The SMILES string of the molecule is CCOC(=O)c1nc(CNCCOC)sc1C. The molecule has 1 heterocycles. The number of methoxy groups -OCH3 is 1. The van der Waals surface area contributed by atoms with Crippen molar-refractivity contribution in [1.29, 1.82) is 0 Å². The number of ether oxygens (including phenoxy) is 2. The maximum atomic E-state index is 11.5. The number of nitrogens with one attached hydrogen (secondary N) is 1. The summed E-state index contributed by atoms with van der Waals surface area (Å²) in [5, 5.41) is 4.08. The highest BCUT2D eigenvalue weighted by Crippen LogP contribution is 2.18. The zero-order chi connectivity index (χ0) is 12.7. The fourth-order valence-electron chi connectivity index (χ4n) is 1.29. The number of carbonyl (C=O) groups is 1. The van der Waals surface area contributed by atoms with Crippen LogP contribution in [0.5, 0.6) is 0 Å². The van der Waals surface area contributed by atoms with Crippen molar-refractivity contribution >= 4 is 17.3 Å². The topological polar surface area (TPSA) is 60.5 Å². The van der Waals surface area contributed by atoms with Gasteiger partial charge in [0, 0.05) is 25.1 Å². The Morgan fingerprint density at radius 2 is 2.29 bits per heavy atom. The molecule has 1 aromatic rings. The van der Waals surface area contributed by atoms with Gasteiger partial charge in [-0.3, -0.25) is 0 Å². The Hall–Kier alpha value is -0.980. The molecule has 96 valence electrons. The van der Waals surface area contributed by atoms with E-state index in [2.05, 4.69) is 10.3 Å². The minimum absolute atomic E-state index is 0.343. The second-order valence-electron chi connectivity index (χ2n) is 3.40. The second-order valence-corrected chi connectivity index (χ2v) is 4.69. The van der Waals surface area contributed by atoms with E-state index >= 15 is 0 Å². The minimum Gasteiger partial charge on any atom is -0.461 e. The molecule has 6 heteroatoms. The Kier molecular flexibility index (Phi) is 6.10. The van der Waals surface area contributed by atoms with Crippen LogP contribution in [0.1, 0.15) is 27.3 Å². The zero-order valence-electron chi connectivity index (χ0n) is 10.4. The summed E-state index contributed by atoms with van der Waals surface area (Å²) in [6.07, 6.45) is 0. The van der Waals surface area contributed by atoms with Gasteiger partial charge in [0.25, 0.3) is 0 Å². The Bertz CT molecular complexity index is 366. The van der Waals surface area contributed by atoms with Crippen LogP contribution < -0.4 is 5.32 Å². The standard InChI is InChI=1S/C11H18N2O3S/c1-4-16-11(14)10-8(2)17-9(13-10)7-12-5-6-15-3/h12H,4-7H2,1-3H3. The highest BCUT2D eigenvalue weighted by Gasteiger charge is 2.15. The molecule has 0 amide bonds. The lowest BCUT2D eigenvalue weighted by Gasteiger charge is -2.00. The lowest BCUT2D eigenvalue weighted by Crippen LogP contribution is -2.18. The molecule has 0 aliphatic carbocycles. The van der Waals surface area contributed by atoms with E-state index in [0.29, 0.717) is 25.5 Å². The van der Waals surface area contributed by atoms with Crippen molar-refractivity contribution in [2.45, 2.75) is 20.4 Å². The van der Waals surface area contributed by atoms with E-state index in [1.165, 1.54) is 11.3 Å². The molecule has 0 saturated carbocycles. The van der Waals surface area contributed by atoms with E-state index in [-0.39, 0.29) is 5.97 Å². The molecule has 0 atom stereocenters. The van der Waals surface area contributed by atoms with Gasteiger partial charge in [0.1, 0.15) is 5.01 Å². The van der Waals surface area contributed by atoms with Crippen molar-refractivity contribution in [2.24, 2.45) is 0 Å². The van der Waals surface area contributed by atoms with Crippen molar-refractivity contribution in [3.63, 3.8) is 0 Å². The van der Waals surface area contributed by atoms with E-state index in [1.54, 1.807) is 14.0 Å². The fourth-order valence-corrected chi connectivity index (χ4v) is 2.18. The lowest BCUT2D eigenvalue weighted by molar-refractivity contribution is 0.0519. The van der Waals surface area contributed by atoms with Crippen LogP contribution in [0.2, 0.25) is 0 Å². The summed E-state index contributed by atoms with van der Waals surface area (Å²) in [7, 11) is 1.66. The summed E-state index contributed by atoms with van der Waals surface area (Å²) in [5.41, 5.74) is 0.431. The average Bonchev–Trinajstić information content (AvgIpc) is 2.66. The Labute approximate surface area is 105 Å². The van der Waals surface area contributed by atoms with Crippen molar-refractivity contribution < 1.29 is 14.3 Å². The highest BCUT2D eigenvalue weighted by atomic mass is 32.1. The molecule has 1 rings (SSSR count). The normalized spacial score (nSPS) is 10.5. The van der Waals surface area contributed by atoms with Crippen LogP contribution in [0.3, 0.4) is 0 Å². The average molecular weight is 258 g/mol. The van der Waals surface area contributed by atoms with Crippen LogP contribution in [0.4, 0.5) is 0 Å². The van der Waals surface area contributed by atoms with Gasteiger partial charge in [-0.15, -0.1) is 11.3 Å². The summed E-state index contributed by atoms with van der Waals surface area (Å²) in [6.45, 7) is 6.11. The summed E-state index contributed by atoms with van der Waals surface area (Å²) >= 11 is 1.51. The van der Waals surface area contributed by atoms with Gasteiger partial charge in [-0.05, 0) is 13.8 Å². The van der Waals surface area contributed by atoms with E-state index in [4.69, 9.17) is 9.47 Å². The van der Waals surface area contributed by atoms with E-state index in [0.717, 1.165) is 16.4 Å². The number of aromatic nitrogens is 1. The molecule has 0 fully saturated rings. The first-order valence-electron chi connectivity index (χ1n) is 5.52. The third-order valence-corrected chi connectivity index (χ3v) is 3.04. The first-order chi connectivity index (χ1) is 8.19. The minimum atomic E-state index is -0.343. The molecule has 0 unspecified atom stereocenters. The first kappa shape index (κ1) is 14.1. The Morgan fingerprint density at radius 1 is 1.53 bits per heavy atom. The van der Waals surface area contributed by atoms with Crippen molar-refractivity contribution in [2.75, 3.05) is 26.9 Å². The largest absolute Gasteiger partial charge is 0.461 e. The van der Waals surface area contributed by atoms with Crippen LogP contribution in [0, 0.1) is 6.92 Å². The molecule has 0 bridgehead atoms. The van der Waals surface area contributed by atoms with Crippen LogP contribution in [0.25, 0.3) is 0 Å². The molecule has 0 aromatic carbocycles. The number of rotatable bonds is 7. The third kappa shape index (κ3) is 4.41. The van der Waals surface area contributed by atoms with Gasteiger partial charge in [-0.1, -0.05) is 0 Å². The van der Waals surface area contributed by atoms with Gasteiger partial charge < -0.3 is 14.8 Å². The number of thiazole rings is 1. The van der Waals surface area contributed by atoms with Crippen LogP contribution >= 0.6 is 11.3 Å². The van der Waals surface area contributed by atoms with Crippen molar-refractivity contribution in [3.8, 4) is 0 Å². The molecular formula is C11H18N2O3S. The molecule has 0 aliphatic heterocycles. The lowest BCUT2D eigenvalue weighted by atomic mass is 10.4. The monoisotopic (exact) mass is 258 g/mol. The van der Waals surface area contributed by atoms with Crippen LogP contribution in [0.15, 0.2) is 0 Å². The van der Waals surface area contributed by atoms with Crippen molar-refractivity contribution in [1.82, 2.24) is 10.3 Å². The van der Waals surface area contributed by atoms with Gasteiger partial charge in [-0.2, -0.15) is 0 Å². The predicted octanol–water partition coefficient (Wildman–Crippen LogP) is 1.36. The fraction of sp³-hybridized carbons (Fsp3) is 0.636. The summed E-state index contributed by atoms with van der Waals surface area (Å²) < 4.78 is 9.86. The summed E-state index contributed by atoms with van der Waals surface area (Å²) in [6, 6.07) is 0. The molecule has 0 spiro atoms. The number of esters is 1. The first-order valence-corrected chi connectivity index (χ1v) is 6.33. The molecule has 0 aliphatic rings. The summed E-state index contributed by atoms with van der Waals surface area (Å²) in [5.74, 6) is -0.343. The van der Waals surface area contributed by atoms with Gasteiger partial charge in [0.2, 0.25) is 0 Å². The van der Waals surface area contributed by atoms with Gasteiger partial charge >= 0.3 is 5.97 Å². The van der Waals surface area contributed by atoms with Gasteiger partial charge in [0.05, 0.1) is 13.2 Å². The number of hydrogen-bond acceptors (Lipinski definition) is 6. The Balaban J connectivity index is 2.52. The predicted molar refractivity (Wildman–Crippen MR) is 66.4 cm³/mol. The smallest absolute Gasteiger partial charge is 0.358 e. The Morgan fingerprint density at radius 3 is 2.94 bits per heavy atom. The molecular weight excluding hydrogens is 240 g/mol. The quantitative estimate of drug-likeness (QED) is 0.591. The third-order valence-electron chi connectivity index (χ3n) is 2.07. The molecule has 1 aromatic heterocycles. The number of aryl methyl sites for hydroxylation is 1. The maximum absolute atomic E-state index is 11.5. The number of carbonyl (C=O) groups excluding carboxylic acids is 1. The molecule has 17 heavy (non-hydrogen) atoms. The maximum Gasteiger partial charge on any atom is 0.358 e. The zero-order valence-corrected chi connectivity index (χ0v) is 11.2. The second kappa shape index (κ2) is 7.37. The number of hydrogen-bond donors (Lipinski definition) is 1. The highest BCUT2D eigenvalue weighted by molar-refractivity contribution is 7.11. The van der Waals surface area contributed by atoms with Crippen molar-refractivity contribution in [3.05, 3.63) is 15.6 Å². The molecule has 5 nitrogen and oxygen atoms in total. The van der Waals surface area contributed by atoms with Crippen LogP contribution in [-0.2, 0) is 16.0 Å². The van der Waals surface area contributed by atoms with E-state index in [1.807, 2.05) is 6.92 Å². The number of nitrogens with zero attached hydrogens (tertiary/aromatic N) is 1. The summed E-state index contributed by atoms with van der Waals surface area (Å²) in [4.78, 5) is 16.7. The van der Waals surface area contributed by atoms with Gasteiger partial charge in [0.15, 0.2) is 5.69 Å². The molecule has 0 saturated heterocycles. The van der Waals surface area contributed by atoms with E-state index in [9.17, 15) is 4.79 Å².